The van der Waals surface area contributed by atoms with Gasteiger partial charge in [-0.25, -0.2) is 0 Å². The molecule has 0 radical (unpaired) electrons. The Labute approximate surface area is 172 Å². The van der Waals surface area contributed by atoms with Gasteiger partial charge < -0.3 is 14.9 Å². The average molecular weight is 407 g/mol. The molecule has 0 spiro atoms. The SMILES string of the molecule is CC(=O)OCC(=O)[C@@]1(O)CC[C@H]2[C@@H]3CC[C@H]4CC(=O)CC[C@]4(C)[C@H]3[C@H](O)C[C@@]21C. The number of carbonyl (C=O) groups excluding carboxylic acids is 3. The highest BCUT2D eigenvalue weighted by molar-refractivity contribution is 5.91. The Hall–Kier alpha value is -1.27. The van der Waals surface area contributed by atoms with Crippen LogP contribution in [0.5, 0.6) is 0 Å². The summed E-state index contributed by atoms with van der Waals surface area (Å²) in [5.41, 5.74) is -2.35. The van der Waals surface area contributed by atoms with Crippen LogP contribution in [0.3, 0.4) is 0 Å². The first-order chi connectivity index (χ1) is 13.5. The van der Waals surface area contributed by atoms with Crippen LogP contribution in [-0.4, -0.2) is 46.1 Å². The predicted octanol–water partition coefficient (Wildman–Crippen LogP) is 2.43. The molecule has 6 nitrogen and oxygen atoms in total. The van der Waals surface area contributed by atoms with Crippen LogP contribution in [0.2, 0.25) is 0 Å². The van der Waals surface area contributed by atoms with Crippen molar-refractivity contribution in [2.24, 2.45) is 34.5 Å². The smallest absolute Gasteiger partial charge is 0.303 e. The van der Waals surface area contributed by atoms with Crippen molar-refractivity contribution in [2.45, 2.75) is 83.8 Å². The molecule has 4 rings (SSSR count). The molecule has 4 fully saturated rings. The van der Waals surface area contributed by atoms with Crippen LogP contribution in [0.25, 0.3) is 0 Å². The van der Waals surface area contributed by atoms with Gasteiger partial charge in [0.15, 0.2) is 6.61 Å². The van der Waals surface area contributed by atoms with E-state index in [0.29, 0.717) is 37.4 Å². The second kappa shape index (κ2) is 6.88. The highest BCUT2D eigenvalue weighted by atomic mass is 16.5. The summed E-state index contributed by atoms with van der Waals surface area (Å²) in [5, 5.41) is 22.8. The number of carbonyl (C=O) groups is 3. The van der Waals surface area contributed by atoms with Gasteiger partial charge >= 0.3 is 5.97 Å². The lowest BCUT2D eigenvalue weighted by molar-refractivity contribution is -0.199. The molecule has 8 atom stereocenters. The van der Waals surface area contributed by atoms with Gasteiger partial charge in [0.2, 0.25) is 5.78 Å². The minimum absolute atomic E-state index is 0.0555. The Bertz CT molecular complexity index is 733. The van der Waals surface area contributed by atoms with Crippen molar-refractivity contribution in [3.05, 3.63) is 0 Å². The second-order valence-corrected chi connectivity index (χ2v) is 10.6. The summed E-state index contributed by atoms with van der Waals surface area (Å²) >= 11 is 0. The van der Waals surface area contributed by atoms with Gasteiger partial charge in [0.25, 0.3) is 0 Å². The molecule has 0 aromatic rings. The number of hydrogen-bond acceptors (Lipinski definition) is 6. The lowest BCUT2D eigenvalue weighted by Crippen LogP contribution is -2.63. The van der Waals surface area contributed by atoms with Gasteiger partial charge in [0, 0.05) is 25.2 Å². The Morgan fingerprint density at radius 3 is 2.59 bits per heavy atom. The van der Waals surface area contributed by atoms with Crippen molar-refractivity contribution in [3.8, 4) is 0 Å². The number of aliphatic hydroxyl groups is 2. The molecule has 0 aromatic carbocycles. The van der Waals surface area contributed by atoms with E-state index >= 15 is 0 Å². The molecule has 4 aliphatic rings. The van der Waals surface area contributed by atoms with E-state index in [4.69, 9.17) is 4.74 Å². The number of aliphatic hydroxyl groups excluding tert-OH is 1. The molecule has 0 heterocycles. The van der Waals surface area contributed by atoms with E-state index in [1.54, 1.807) is 0 Å². The van der Waals surface area contributed by atoms with Crippen molar-refractivity contribution in [1.82, 2.24) is 0 Å². The third-order valence-electron chi connectivity index (χ3n) is 9.43. The normalized spacial score (nSPS) is 49.0. The number of esters is 1. The molecule has 0 bridgehead atoms. The molecule has 29 heavy (non-hydrogen) atoms. The number of hydrogen-bond donors (Lipinski definition) is 2. The van der Waals surface area contributed by atoms with Crippen LogP contribution in [0.1, 0.15) is 72.1 Å². The van der Waals surface area contributed by atoms with Crippen molar-refractivity contribution in [1.29, 1.82) is 0 Å². The molecule has 4 saturated carbocycles. The summed E-state index contributed by atoms with van der Waals surface area (Å²) in [6.45, 7) is 5.02. The molecule has 6 heteroatoms. The van der Waals surface area contributed by atoms with E-state index in [2.05, 4.69) is 6.92 Å². The quantitative estimate of drug-likeness (QED) is 0.698. The maximum atomic E-state index is 12.9. The highest BCUT2D eigenvalue weighted by Gasteiger charge is 2.68. The van der Waals surface area contributed by atoms with Gasteiger partial charge in [-0.15, -0.1) is 0 Å². The van der Waals surface area contributed by atoms with Crippen molar-refractivity contribution >= 4 is 17.5 Å². The first-order valence-corrected chi connectivity index (χ1v) is 11.1. The first-order valence-electron chi connectivity index (χ1n) is 11.1. The number of fused-ring (bicyclic) bond motifs is 5. The van der Waals surface area contributed by atoms with Crippen LogP contribution in [0.4, 0.5) is 0 Å². The van der Waals surface area contributed by atoms with Crippen LogP contribution >= 0.6 is 0 Å². The summed E-state index contributed by atoms with van der Waals surface area (Å²) in [4.78, 5) is 36.1. The van der Waals surface area contributed by atoms with E-state index in [0.717, 1.165) is 25.7 Å². The van der Waals surface area contributed by atoms with Gasteiger partial charge in [-0.3, -0.25) is 14.4 Å². The van der Waals surface area contributed by atoms with Gasteiger partial charge in [0.05, 0.1) is 6.10 Å². The molecule has 0 unspecified atom stereocenters. The van der Waals surface area contributed by atoms with E-state index in [-0.39, 0.29) is 23.2 Å². The zero-order valence-corrected chi connectivity index (χ0v) is 17.8. The number of rotatable bonds is 3. The fourth-order valence-electron chi connectivity index (χ4n) is 7.92. The standard InChI is InChI=1S/C23H34O6/c1-13(24)29-12-19(27)23(28)9-7-17-16-5-4-14-10-15(25)6-8-21(14,2)20(16)18(26)11-22(17,23)3/h14,16-18,20,26,28H,4-12H2,1-3H3/t14-,16-,17-,18+,20+,21-,22-,23-/m0/s1. The van der Waals surface area contributed by atoms with Crippen LogP contribution < -0.4 is 0 Å². The number of ketones is 2. The largest absolute Gasteiger partial charge is 0.458 e. The molecule has 2 N–H and O–H groups in total. The van der Waals surface area contributed by atoms with E-state index in [9.17, 15) is 24.6 Å². The summed E-state index contributed by atoms with van der Waals surface area (Å²) in [7, 11) is 0. The molecular weight excluding hydrogens is 372 g/mol. The maximum absolute atomic E-state index is 12.9. The molecule has 4 aliphatic carbocycles. The highest BCUT2D eigenvalue weighted by Crippen LogP contribution is 2.68. The van der Waals surface area contributed by atoms with Crippen LogP contribution in [0.15, 0.2) is 0 Å². The fourth-order valence-corrected chi connectivity index (χ4v) is 7.92. The van der Waals surface area contributed by atoms with Crippen molar-refractivity contribution < 1.29 is 29.3 Å². The number of Topliss-reactive ketones (excluding diaryl/α,β-unsaturated/α-hetero) is 2. The molecule has 0 aliphatic heterocycles. The Kier molecular flexibility index (Phi) is 4.97. The zero-order chi connectivity index (χ0) is 21.2. The lowest BCUT2D eigenvalue weighted by Gasteiger charge is -2.62. The predicted molar refractivity (Wildman–Crippen MR) is 105 cm³/mol. The van der Waals surface area contributed by atoms with Crippen LogP contribution in [0, 0.1) is 34.5 Å². The summed E-state index contributed by atoms with van der Waals surface area (Å²) < 4.78 is 4.89. The second-order valence-electron chi connectivity index (χ2n) is 10.6. The van der Waals surface area contributed by atoms with Crippen LogP contribution in [-0.2, 0) is 19.1 Å². The minimum atomic E-state index is -1.57. The lowest BCUT2D eigenvalue weighted by atomic mass is 9.43. The van der Waals surface area contributed by atoms with E-state index < -0.39 is 35.5 Å². The van der Waals surface area contributed by atoms with Gasteiger partial charge in [0.1, 0.15) is 11.4 Å². The molecule has 0 saturated heterocycles. The summed E-state index contributed by atoms with van der Waals surface area (Å²) in [6, 6.07) is 0. The van der Waals surface area contributed by atoms with Gasteiger partial charge in [-0.2, -0.15) is 0 Å². The average Bonchev–Trinajstić information content (AvgIpc) is 2.91. The van der Waals surface area contributed by atoms with Crippen molar-refractivity contribution in [2.75, 3.05) is 6.61 Å². The van der Waals surface area contributed by atoms with Gasteiger partial charge in [-0.1, -0.05) is 13.8 Å². The minimum Gasteiger partial charge on any atom is -0.458 e. The fraction of sp³-hybridized carbons (Fsp3) is 0.870. The Balaban J connectivity index is 1.63. The molecule has 0 amide bonds. The maximum Gasteiger partial charge on any atom is 0.303 e. The third kappa shape index (κ3) is 2.93. The first kappa shape index (κ1) is 21.0. The summed E-state index contributed by atoms with van der Waals surface area (Å²) in [6.07, 6.45) is 4.81. The third-order valence-corrected chi connectivity index (χ3v) is 9.43. The molecule has 162 valence electrons. The molecule has 0 aromatic heterocycles. The van der Waals surface area contributed by atoms with Crippen molar-refractivity contribution in [3.63, 3.8) is 0 Å². The zero-order valence-electron chi connectivity index (χ0n) is 17.8. The number of ether oxygens (including phenoxy) is 1. The monoisotopic (exact) mass is 406 g/mol. The topological polar surface area (TPSA) is 101 Å². The van der Waals surface area contributed by atoms with Gasteiger partial charge in [-0.05, 0) is 67.6 Å². The molecular formula is C23H34O6. The Morgan fingerprint density at radius 2 is 1.90 bits per heavy atom. The Morgan fingerprint density at radius 1 is 1.17 bits per heavy atom. The summed E-state index contributed by atoms with van der Waals surface area (Å²) in [5.74, 6) is 0.182. The van der Waals surface area contributed by atoms with E-state index in [1.807, 2.05) is 6.92 Å². The van der Waals surface area contributed by atoms with E-state index in [1.165, 1.54) is 6.92 Å².